The van der Waals surface area contributed by atoms with E-state index in [1.165, 1.54) is 128 Å². The first-order valence-electron chi connectivity index (χ1n) is 21.0. The molecular weight excluding hydrogens is 651 g/mol. The van der Waals surface area contributed by atoms with Crippen LogP contribution in [0, 0.1) is 0 Å². The van der Waals surface area contributed by atoms with Gasteiger partial charge in [-0.05, 0) is 32.1 Å². The number of hydrogen-bond donors (Lipinski definition) is 2. The molecule has 8 nitrogen and oxygen atoms in total. The number of carbonyl (C=O) groups excluding carboxylic acids is 2. The van der Waals surface area contributed by atoms with Gasteiger partial charge in [0.25, 0.3) is 0 Å². The van der Waals surface area contributed by atoms with Gasteiger partial charge in [-0.2, -0.15) is 0 Å². The van der Waals surface area contributed by atoms with Crippen molar-refractivity contribution in [3.05, 3.63) is 12.2 Å². The van der Waals surface area contributed by atoms with Crippen molar-refractivity contribution in [3.8, 4) is 0 Å². The second-order valence-corrected chi connectivity index (χ2v) is 15.6. The molecular formula is C41H79O8P. The minimum atomic E-state index is -4.75. The highest BCUT2D eigenvalue weighted by molar-refractivity contribution is 7.46. The van der Waals surface area contributed by atoms with E-state index in [2.05, 4.69) is 30.5 Å². The monoisotopic (exact) mass is 731 g/mol. The Balaban J connectivity index is 3.80. The molecule has 0 unspecified atom stereocenters. The first-order chi connectivity index (χ1) is 24.3. The summed E-state index contributed by atoms with van der Waals surface area (Å²) in [5, 5.41) is 0. The molecule has 2 N–H and O–H groups in total. The lowest BCUT2D eigenvalue weighted by Gasteiger charge is -2.18. The summed E-state index contributed by atoms with van der Waals surface area (Å²) in [7, 11) is -4.75. The van der Waals surface area contributed by atoms with Crippen molar-refractivity contribution in [1.29, 1.82) is 0 Å². The summed E-state index contributed by atoms with van der Waals surface area (Å²) < 4.78 is 26.3. The maximum absolute atomic E-state index is 12.3. The van der Waals surface area contributed by atoms with Gasteiger partial charge in [-0.15, -0.1) is 0 Å². The van der Waals surface area contributed by atoms with Gasteiger partial charge < -0.3 is 19.3 Å². The Labute approximate surface area is 307 Å². The van der Waals surface area contributed by atoms with Crippen LogP contribution < -0.4 is 0 Å². The van der Waals surface area contributed by atoms with Gasteiger partial charge in [0.1, 0.15) is 6.61 Å². The molecule has 0 bridgehead atoms. The molecule has 296 valence electrons. The summed E-state index contributed by atoms with van der Waals surface area (Å²) >= 11 is 0. The zero-order valence-electron chi connectivity index (χ0n) is 32.6. The van der Waals surface area contributed by atoms with Gasteiger partial charge in [0, 0.05) is 12.8 Å². The van der Waals surface area contributed by atoms with Crippen LogP contribution in [-0.4, -0.2) is 41.0 Å². The molecule has 0 aliphatic heterocycles. The van der Waals surface area contributed by atoms with E-state index in [0.29, 0.717) is 6.42 Å². The number of carbonyl (C=O) groups is 2. The lowest BCUT2D eigenvalue weighted by molar-refractivity contribution is -0.161. The third-order valence-electron chi connectivity index (χ3n) is 9.28. The molecule has 0 saturated carbocycles. The Morgan fingerprint density at radius 1 is 0.500 bits per heavy atom. The van der Waals surface area contributed by atoms with E-state index >= 15 is 0 Å². The Morgan fingerprint density at radius 2 is 0.860 bits per heavy atom. The van der Waals surface area contributed by atoms with E-state index in [9.17, 15) is 14.2 Å². The summed E-state index contributed by atoms with van der Waals surface area (Å²) in [5.41, 5.74) is 0. The van der Waals surface area contributed by atoms with Gasteiger partial charge in [-0.3, -0.25) is 14.1 Å². The highest BCUT2D eigenvalue weighted by Gasteiger charge is 2.22. The molecule has 50 heavy (non-hydrogen) atoms. The predicted octanol–water partition coefficient (Wildman–Crippen LogP) is 12.6. The Kier molecular flexibility index (Phi) is 36.6. The smallest absolute Gasteiger partial charge is 0.462 e. The zero-order valence-corrected chi connectivity index (χ0v) is 33.5. The molecule has 0 saturated heterocycles. The van der Waals surface area contributed by atoms with Gasteiger partial charge >= 0.3 is 19.8 Å². The highest BCUT2D eigenvalue weighted by atomic mass is 31.2. The molecule has 1 atom stereocenters. The fourth-order valence-electron chi connectivity index (χ4n) is 6.12. The minimum absolute atomic E-state index is 0.205. The molecule has 0 fully saturated rings. The van der Waals surface area contributed by atoms with E-state index in [1.807, 2.05) is 0 Å². The highest BCUT2D eigenvalue weighted by Crippen LogP contribution is 2.36. The summed E-state index contributed by atoms with van der Waals surface area (Å²) in [6, 6.07) is 0. The molecule has 0 aromatic heterocycles. The van der Waals surface area contributed by atoms with Crippen molar-refractivity contribution in [2.45, 2.75) is 225 Å². The average Bonchev–Trinajstić information content (AvgIpc) is 3.08. The molecule has 0 amide bonds. The fourth-order valence-corrected chi connectivity index (χ4v) is 6.48. The Morgan fingerprint density at radius 3 is 1.28 bits per heavy atom. The molecule has 0 aliphatic carbocycles. The second-order valence-electron chi connectivity index (χ2n) is 14.3. The lowest BCUT2D eigenvalue weighted by Crippen LogP contribution is -2.29. The number of allylic oxidation sites excluding steroid dienone is 2. The number of phosphoric ester groups is 1. The quantitative estimate of drug-likeness (QED) is 0.0278. The summed E-state index contributed by atoms with van der Waals surface area (Å²) in [5.74, 6) is -0.885. The average molecular weight is 731 g/mol. The third-order valence-corrected chi connectivity index (χ3v) is 9.77. The molecule has 0 spiro atoms. The van der Waals surface area contributed by atoms with Gasteiger partial charge in [0.2, 0.25) is 0 Å². The number of rotatable bonds is 39. The Bertz CT molecular complexity index is 827. The van der Waals surface area contributed by atoms with Crippen molar-refractivity contribution >= 4 is 19.8 Å². The SMILES string of the molecule is CCCC/C=C/CCCCCCCC(=O)O[C@H](COC(=O)CCCCCCCCCCCCCCCCCCCCCCC)COP(=O)(O)O. The van der Waals surface area contributed by atoms with Crippen molar-refractivity contribution in [2.75, 3.05) is 13.2 Å². The second kappa shape index (κ2) is 37.5. The molecule has 0 heterocycles. The third kappa shape index (κ3) is 39.6. The van der Waals surface area contributed by atoms with Crippen LogP contribution >= 0.6 is 7.82 Å². The number of ether oxygens (including phenoxy) is 2. The van der Waals surface area contributed by atoms with Gasteiger partial charge in [0.05, 0.1) is 6.61 Å². The van der Waals surface area contributed by atoms with E-state index < -0.39 is 32.5 Å². The van der Waals surface area contributed by atoms with Gasteiger partial charge in [-0.1, -0.05) is 187 Å². The number of esters is 2. The first-order valence-corrected chi connectivity index (χ1v) is 22.5. The van der Waals surface area contributed by atoms with Crippen molar-refractivity contribution in [2.24, 2.45) is 0 Å². The molecule has 0 rings (SSSR count). The van der Waals surface area contributed by atoms with Crippen LogP contribution in [0.3, 0.4) is 0 Å². The van der Waals surface area contributed by atoms with Crippen LogP contribution in [0.15, 0.2) is 12.2 Å². The van der Waals surface area contributed by atoms with Crippen LogP contribution in [-0.2, 0) is 28.2 Å². The lowest BCUT2D eigenvalue weighted by atomic mass is 10.0. The first kappa shape index (κ1) is 48.8. The van der Waals surface area contributed by atoms with E-state index in [1.54, 1.807) is 0 Å². The maximum Gasteiger partial charge on any atom is 0.469 e. The summed E-state index contributed by atoms with van der Waals surface area (Å²) in [6.45, 7) is 3.66. The van der Waals surface area contributed by atoms with E-state index in [0.717, 1.165) is 57.8 Å². The maximum atomic E-state index is 12.3. The summed E-state index contributed by atoms with van der Waals surface area (Å²) in [6.07, 6.45) is 40.9. The van der Waals surface area contributed by atoms with E-state index in [4.69, 9.17) is 19.3 Å². The topological polar surface area (TPSA) is 119 Å². The van der Waals surface area contributed by atoms with Crippen molar-refractivity contribution < 1.29 is 37.9 Å². The predicted molar refractivity (Wildman–Crippen MR) is 207 cm³/mol. The van der Waals surface area contributed by atoms with Crippen LogP contribution in [0.25, 0.3) is 0 Å². The van der Waals surface area contributed by atoms with Gasteiger partial charge in [0.15, 0.2) is 6.10 Å². The summed E-state index contributed by atoms with van der Waals surface area (Å²) in [4.78, 5) is 42.7. The number of unbranched alkanes of at least 4 members (excludes halogenated alkanes) is 27. The van der Waals surface area contributed by atoms with Crippen molar-refractivity contribution in [3.63, 3.8) is 0 Å². The molecule has 0 aromatic rings. The number of phosphoric acid groups is 1. The van der Waals surface area contributed by atoms with Crippen LogP contribution in [0.5, 0.6) is 0 Å². The van der Waals surface area contributed by atoms with E-state index in [-0.39, 0.29) is 19.4 Å². The molecule has 0 radical (unpaired) electrons. The van der Waals surface area contributed by atoms with Crippen LogP contribution in [0.2, 0.25) is 0 Å². The normalized spacial score (nSPS) is 12.5. The fraction of sp³-hybridized carbons (Fsp3) is 0.902. The number of hydrogen-bond acceptors (Lipinski definition) is 6. The Hall–Kier alpha value is -1.21. The van der Waals surface area contributed by atoms with Gasteiger partial charge in [-0.25, -0.2) is 4.57 Å². The standard InChI is InChI=1S/C41H79O8P/c1-3-5-7-9-11-13-15-16-17-18-19-20-21-22-23-24-26-27-29-31-33-35-40(42)47-37-39(38-48-50(44,45)46)49-41(43)36-34-32-30-28-25-14-12-10-8-6-4-2/h10,12,39H,3-9,11,13-38H2,1-2H3,(H2,44,45,46)/b12-10+/t39-/m1/s1. The zero-order chi connectivity index (χ0) is 36.8. The molecule has 9 heteroatoms. The largest absolute Gasteiger partial charge is 0.469 e. The molecule has 0 aliphatic rings. The molecule has 0 aromatic carbocycles. The van der Waals surface area contributed by atoms with Crippen LogP contribution in [0.1, 0.15) is 219 Å². The van der Waals surface area contributed by atoms with Crippen molar-refractivity contribution in [1.82, 2.24) is 0 Å². The van der Waals surface area contributed by atoms with Crippen LogP contribution in [0.4, 0.5) is 0 Å². The minimum Gasteiger partial charge on any atom is -0.462 e.